The van der Waals surface area contributed by atoms with Crippen LogP contribution < -0.4 is 5.32 Å². The summed E-state index contributed by atoms with van der Waals surface area (Å²) in [6, 6.07) is 3.65. The fourth-order valence-electron chi connectivity index (χ4n) is 2.27. The molecule has 2 atom stereocenters. The van der Waals surface area contributed by atoms with Crippen molar-refractivity contribution in [2.45, 2.75) is 38.3 Å². The Morgan fingerprint density at radius 2 is 2.15 bits per heavy atom. The zero-order chi connectivity index (χ0) is 14.5. The number of hydrogen-bond donors (Lipinski definition) is 2. The summed E-state index contributed by atoms with van der Waals surface area (Å²) >= 11 is 0. The first kappa shape index (κ1) is 14.8. The number of aliphatic hydroxyl groups is 1. The van der Waals surface area contributed by atoms with Crippen molar-refractivity contribution in [3.8, 4) is 0 Å². The Kier molecular flexibility index (Phi) is 4.95. The standard InChI is InChI=1S/C15H23N3O2/c1-3-13(11-6-8-16-9-7-11)17-15(20)18(2)10-14(19)12-4-5-12/h6-9,12-14,19H,3-5,10H2,1-2H3,(H,17,20). The number of likely N-dealkylation sites (N-methyl/N-ethyl adjacent to an activating group) is 1. The molecule has 2 rings (SSSR count). The Bertz CT molecular complexity index is 434. The number of nitrogens with zero attached hydrogens (tertiary/aromatic N) is 2. The fourth-order valence-corrected chi connectivity index (χ4v) is 2.27. The minimum absolute atomic E-state index is 0.0222. The molecular formula is C15H23N3O2. The number of carbonyl (C=O) groups excluding carboxylic acids is 1. The third-order valence-corrected chi connectivity index (χ3v) is 3.79. The Balaban J connectivity index is 1.88. The van der Waals surface area contributed by atoms with E-state index < -0.39 is 6.10 Å². The SMILES string of the molecule is CCC(NC(=O)N(C)CC(O)C1CC1)c1ccncc1. The lowest BCUT2D eigenvalue weighted by Crippen LogP contribution is -2.43. The molecule has 1 heterocycles. The predicted molar refractivity (Wildman–Crippen MR) is 77.2 cm³/mol. The molecule has 0 radical (unpaired) electrons. The number of pyridine rings is 1. The smallest absolute Gasteiger partial charge is 0.317 e. The molecule has 1 saturated carbocycles. The van der Waals surface area contributed by atoms with Crippen LogP contribution in [0, 0.1) is 5.92 Å². The van der Waals surface area contributed by atoms with Crippen molar-refractivity contribution in [3.63, 3.8) is 0 Å². The van der Waals surface area contributed by atoms with Crippen LogP contribution in [0.1, 0.15) is 37.8 Å². The largest absolute Gasteiger partial charge is 0.391 e. The van der Waals surface area contributed by atoms with Crippen molar-refractivity contribution in [2.75, 3.05) is 13.6 Å². The Labute approximate surface area is 120 Å². The van der Waals surface area contributed by atoms with Crippen molar-refractivity contribution in [2.24, 2.45) is 5.92 Å². The molecule has 1 aliphatic rings. The van der Waals surface area contributed by atoms with Crippen LogP contribution in [0.15, 0.2) is 24.5 Å². The van der Waals surface area contributed by atoms with Gasteiger partial charge in [-0.25, -0.2) is 4.79 Å². The van der Waals surface area contributed by atoms with Crippen LogP contribution in [0.25, 0.3) is 0 Å². The maximum Gasteiger partial charge on any atom is 0.317 e. The zero-order valence-corrected chi connectivity index (χ0v) is 12.1. The third-order valence-electron chi connectivity index (χ3n) is 3.79. The van der Waals surface area contributed by atoms with Gasteiger partial charge in [0.25, 0.3) is 0 Å². The minimum Gasteiger partial charge on any atom is -0.391 e. The van der Waals surface area contributed by atoms with E-state index in [-0.39, 0.29) is 12.1 Å². The van der Waals surface area contributed by atoms with Gasteiger partial charge >= 0.3 is 6.03 Å². The van der Waals surface area contributed by atoms with E-state index >= 15 is 0 Å². The van der Waals surface area contributed by atoms with E-state index in [2.05, 4.69) is 10.3 Å². The minimum atomic E-state index is -0.397. The molecule has 5 heteroatoms. The Morgan fingerprint density at radius 3 is 2.70 bits per heavy atom. The molecule has 2 N–H and O–H groups in total. The van der Waals surface area contributed by atoms with Crippen molar-refractivity contribution in [1.29, 1.82) is 0 Å². The predicted octanol–water partition coefficient (Wildman–Crippen LogP) is 1.94. The van der Waals surface area contributed by atoms with Crippen molar-refractivity contribution in [3.05, 3.63) is 30.1 Å². The number of aromatic nitrogens is 1. The van der Waals surface area contributed by atoms with Gasteiger partial charge in [0.05, 0.1) is 12.1 Å². The second-order valence-electron chi connectivity index (χ2n) is 5.48. The number of nitrogens with one attached hydrogen (secondary N) is 1. The van der Waals surface area contributed by atoms with Gasteiger partial charge in [0, 0.05) is 26.0 Å². The summed E-state index contributed by atoms with van der Waals surface area (Å²) in [5.41, 5.74) is 1.05. The lowest BCUT2D eigenvalue weighted by atomic mass is 10.1. The van der Waals surface area contributed by atoms with Crippen molar-refractivity contribution >= 4 is 6.03 Å². The Hall–Kier alpha value is -1.62. The molecule has 1 aromatic rings. The highest BCUT2D eigenvalue weighted by molar-refractivity contribution is 5.74. The zero-order valence-electron chi connectivity index (χ0n) is 12.1. The number of hydrogen-bond acceptors (Lipinski definition) is 3. The average molecular weight is 277 g/mol. The van der Waals surface area contributed by atoms with Crippen molar-refractivity contribution < 1.29 is 9.90 Å². The molecule has 5 nitrogen and oxygen atoms in total. The molecule has 0 spiro atoms. The first-order chi connectivity index (χ1) is 9.61. The monoisotopic (exact) mass is 277 g/mol. The van der Waals surface area contributed by atoms with Gasteiger partial charge in [-0.2, -0.15) is 0 Å². The van der Waals surface area contributed by atoms with Gasteiger partial charge in [0.2, 0.25) is 0 Å². The van der Waals surface area contributed by atoms with Gasteiger partial charge in [-0.1, -0.05) is 6.92 Å². The molecule has 2 amide bonds. The van der Waals surface area contributed by atoms with E-state index in [0.717, 1.165) is 24.8 Å². The van der Waals surface area contributed by atoms with Crippen LogP contribution in [0.2, 0.25) is 0 Å². The van der Waals surface area contributed by atoms with E-state index in [0.29, 0.717) is 12.5 Å². The van der Waals surface area contributed by atoms with Gasteiger partial charge in [-0.05, 0) is 42.9 Å². The molecule has 0 saturated heterocycles. The molecule has 1 aliphatic carbocycles. The van der Waals surface area contributed by atoms with Gasteiger partial charge in [0.1, 0.15) is 0 Å². The quantitative estimate of drug-likeness (QED) is 0.835. The van der Waals surface area contributed by atoms with Crippen molar-refractivity contribution in [1.82, 2.24) is 15.2 Å². The number of rotatable bonds is 6. The second-order valence-corrected chi connectivity index (χ2v) is 5.48. The highest BCUT2D eigenvalue weighted by Gasteiger charge is 2.31. The highest BCUT2D eigenvalue weighted by atomic mass is 16.3. The van der Waals surface area contributed by atoms with Gasteiger partial charge < -0.3 is 15.3 Å². The lowest BCUT2D eigenvalue weighted by Gasteiger charge is -2.25. The molecule has 0 aromatic carbocycles. The summed E-state index contributed by atoms with van der Waals surface area (Å²) in [5, 5.41) is 12.9. The molecule has 2 unspecified atom stereocenters. The van der Waals surface area contributed by atoms with Gasteiger partial charge in [0.15, 0.2) is 0 Å². The summed E-state index contributed by atoms with van der Waals surface area (Å²) in [6.07, 6.45) is 6.02. The van der Waals surface area contributed by atoms with Crippen LogP contribution in [-0.4, -0.2) is 40.7 Å². The highest BCUT2D eigenvalue weighted by Crippen LogP contribution is 2.32. The topological polar surface area (TPSA) is 65.5 Å². The van der Waals surface area contributed by atoms with Gasteiger partial charge in [-0.3, -0.25) is 4.98 Å². The molecule has 1 fully saturated rings. The first-order valence-corrected chi connectivity index (χ1v) is 7.21. The van der Waals surface area contributed by atoms with E-state index in [1.54, 1.807) is 24.3 Å². The summed E-state index contributed by atoms with van der Waals surface area (Å²) < 4.78 is 0. The number of amides is 2. The van der Waals surface area contributed by atoms with E-state index in [9.17, 15) is 9.90 Å². The lowest BCUT2D eigenvalue weighted by molar-refractivity contribution is 0.112. The van der Waals surface area contributed by atoms with Crippen LogP contribution >= 0.6 is 0 Å². The molecular weight excluding hydrogens is 254 g/mol. The van der Waals surface area contributed by atoms with Crippen LogP contribution in [0.4, 0.5) is 4.79 Å². The number of carbonyl (C=O) groups is 1. The van der Waals surface area contributed by atoms with Gasteiger partial charge in [-0.15, -0.1) is 0 Å². The Morgan fingerprint density at radius 1 is 1.50 bits per heavy atom. The summed E-state index contributed by atoms with van der Waals surface area (Å²) in [4.78, 5) is 17.7. The first-order valence-electron chi connectivity index (χ1n) is 7.21. The average Bonchev–Trinajstić information content (AvgIpc) is 3.29. The van der Waals surface area contributed by atoms with Crippen LogP contribution in [0.5, 0.6) is 0 Å². The molecule has 20 heavy (non-hydrogen) atoms. The second kappa shape index (κ2) is 6.70. The summed E-state index contributed by atoms with van der Waals surface area (Å²) in [6.45, 7) is 2.42. The molecule has 0 bridgehead atoms. The molecule has 0 aliphatic heterocycles. The number of aliphatic hydroxyl groups excluding tert-OH is 1. The van der Waals surface area contributed by atoms with E-state index in [4.69, 9.17) is 0 Å². The van der Waals surface area contributed by atoms with Crippen LogP contribution in [-0.2, 0) is 0 Å². The van der Waals surface area contributed by atoms with E-state index in [1.807, 2.05) is 19.1 Å². The number of urea groups is 1. The summed E-state index contributed by atoms with van der Waals surface area (Å²) in [5.74, 6) is 0.382. The normalized spacial score (nSPS) is 17.4. The maximum atomic E-state index is 12.2. The summed E-state index contributed by atoms with van der Waals surface area (Å²) in [7, 11) is 1.72. The molecule has 1 aromatic heterocycles. The maximum absolute atomic E-state index is 12.2. The third kappa shape index (κ3) is 3.93. The van der Waals surface area contributed by atoms with Crippen LogP contribution in [0.3, 0.4) is 0 Å². The fraction of sp³-hybridized carbons (Fsp3) is 0.600. The van der Waals surface area contributed by atoms with E-state index in [1.165, 1.54) is 0 Å². The molecule has 110 valence electrons.